The van der Waals surface area contributed by atoms with Gasteiger partial charge in [0.05, 0.1) is 12.8 Å². The number of aromatic nitrogens is 2. The largest absolute Gasteiger partial charge is 0.484 e. The lowest BCUT2D eigenvalue weighted by atomic mass is 10.1. The second kappa shape index (κ2) is 7.07. The molecule has 0 spiro atoms. The Morgan fingerprint density at radius 1 is 1.30 bits per heavy atom. The molecule has 1 aromatic heterocycles. The number of ether oxygens (including phenoxy) is 2. The molecule has 0 aliphatic carbocycles. The fourth-order valence-corrected chi connectivity index (χ4v) is 1.98. The molecule has 5 heteroatoms. The van der Waals surface area contributed by atoms with Crippen LogP contribution in [0.4, 0.5) is 0 Å². The van der Waals surface area contributed by atoms with Gasteiger partial charge in [-0.25, -0.2) is 0 Å². The monoisotopic (exact) mass is 275 g/mol. The van der Waals surface area contributed by atoms with Crippen molar-refractivity contribution in [2.75, 3.05) is 20.3 Å². The highest BCUT2D eigenvalue weighted by Gasteiger charge is 2.13. The molecule has 0 bridgehead atoms. The average Bonchev–Trinajstić information content (AvgIpc) is 2.90. The molecule has 0 amide bonds. The van der Waals surface area contributed by atoms with E-state index in [-0.39, 0.29) is 6.10 Å². The molecule has 1 unspecified atom stereocenters. The lowest BCUT2D eigenvalue weighted by molar-refractivity contribution is 0.202. The Hall–Kier alpha value is -1.85. The molecule has 108 valence electrons. The second-order valence-electron chi connectivity index (χ2n) is 4.68. The summed E-state index contributed by atoms with van der Waals surface area (Å²) in [5, 5.41) is 4.14. The zero-order chi connectivity index (χ0) is 14.4. The van der Waals surface area contributed by atoms with Crippen LogP contribution in [-0.2, 0) is 18.2 Å². The third kappa shape index (κ3) is 3.82. The fraction of sp³-hybridized carbons (Fsp3) is 0.400. The van der Waals surface area contributed by atoms with E-state index in [1.54, 1.807) is 18.0 Å². The number of hydrogen-bond acceptors (Lipinski definition) is 4. The van der Waals surface area contributed by atoms with E-state index in [0.29, 0.717) is 6.54 Å². The molecule has 2 aromatic rings. The number of nitrogens with two attached hydrogens (primary N) is 1. The molecular weight excluding hydrogens is 254 g/mol. The van der Waals surface area contributed by atoms with Crippen LogP contribution < -0.4 is 10.5 Å². The smallest absolute Gasteiger partial charge is 0.139 e. The van der Waals surface area contributed by atoms with E-state index in [1.165, 1.54) is 5.56 Å². The number of nitrogens with zero attached hydrogens (tertiary/aromatic N) is 2. The maximum Gasteiger partial charge on any atom is 0.139 e. The maximum atomic E-state index is 5.91. The summed E-state index contributed by atoms with van der Waals surface area (Å²) < 4.78 is 12.7. The molecule has 1 aromatic carbocycles. The molecule has 0 saturated heterocycles. The molecular formula is C15H21N3O2. The number of benzene rings is 1. The van der Waals surface area contributed by atoms with Crippen LogP contribution in [0.25, 0.3) is 0 Å². The van der Waals surface area contributed by atoms with Gasteiger partial charge in [0.1, 0.15) is 11.9 Å². The number of methoxy groups -OCH3 is 1. The first-order chi connectivity index (χ1) is 9.72. The first-order valence-corrected chi connectivity index (χ1v) is 6.66. The van der Waals surface area contributed by atoms with Crippen molar-refractivity contribution in [1.82, 2.24) is 9.78 Å². The molecule has 20 heavy (non-hydrogen) atoms. The minimum atomic E-state index is -0.173. The van der Waals surface area contributed by atoms with E-state index in [1.807, 2.05) is 37.5 Å². The molecule has 0 radical (unpaired) electrons. The standard InChI is InChI=1S/C15H21N3O2/c1-18-11-13(10-17-18)15(9-16)20-14-5-3-12(4-6-14)7-8-19-2/h3-6,10-11,15H,7-9,16H2,1-2H3. The van der Waals surface area contributed by atoms with Gasteiger partial charge < -0.3 is 15.2 Å². The van der Waals surface area contributed by atoms with Crippen LogP contribution in [0.3, 0.4) is 0 Å². The molecule has 0 saturated carbocycles. The number of hydrogen-bond donors (Lipinski definition) is 1. The van der Waals surface area contributed by atoms with Crippen LogP contribution in [0.5, 0.6) is 5.75 Å². The third-order valence-corrected chi connectivity index (χ3v) is 3.11. The van der Waals surface area contributed by atoms with E-state index in [9.17, 15) is 0 Å². The van der Waals surface area contributed by atoms with Crippen molar-refractivity contribution in [3.8, 4) is 5.75 Å². The Morgan fingerprint density at radius 2 is 2.05 bits per heavy atom. The van der Waals surface area contributed by atoms with Gasteiger partial charge in [0.15, 0.2) is 0 Å². The molecule has 0 aliphatic rings. The van der Waals surface area contributed by atoms with Gasteiger partial charge in [-0.1, -0.05) is 12.1 Å². The molecule has 2 rings (SSSR count). The van der Waals surface area contributed by atoms with E-state index in [4.69, 9.17) is 15.2 Å². The summed E-state index contributed by atoms with van der Waals surface area (Å²) in [6, 6.07) is 8.02. The summed E-state index contributed by atoms with van der Waals surface area (Å²) in [7, 11) is 3.58. The minimum Gasteiger partial charge on any atom is -0.484 e. The van der Waals surface area contributed by atoms with E-state index in [0.717, 1.165) is 24.3 Å². The lowest BCUT2D eigenvalue weighted by Gasteiger charge is -2.16. The summed E-state index contributed by atoms with van der Waals surface area (Å²) >= 11 is 0. The first kappa shape index (κ1) is 14.6. The van der Waals surface area contributed by atoms with Crippen molar-refractivity contribution in [2.45, 2.75) is 12.5 Å². The van der Waals surface area contributed by atoms with Crippen molar-refractivity contribution in [3.63, 3.8) is 0 Å². The normalized spacial score (nSPS) is 12.3. The SMILES string of the molecule is COCCc1ccc(OC(CN)c2cnn(C)c2)cc1. The molecule has 2 N–H and O–H groups in total. The Kier molecular flexibility index (Phi) is 5.15. The Balaban J connectivity index is 2.00. The van der Waals surface area contributed by atoms with Crippen molar-refractivity contribution in [1.29, 1.82) is 0 Å². The van der Waals surface area contributed by atoms with Crippen LogP contribution in [0.1, 0.15) is 17.2 Å². The number of aryl methyl sites for hydroxylation is 1. The van der Waals surface area contributed by atoms with E-state index < -0.39 is 0 Å². The summed E-state index contributed by atoms with van der Waals surface area (Å²) in [6.07, 6.45) is 4.43. The highest BCUT2D eigenvalue weighted by Crippen LogP contribution is 2.21. The van der Waals surface area contributed by atoms with Crippen LogP contribution >= 0.6 is 0 Å². The lowest BCUT2D eigenvalue weighted by Crippen LogP contribution is -2.18. The third-order valence-electron chi connectivity index (χ3n) is 3.11. The van der Waals surface area contributed by atoms with Crippen LogP contribution in [-0.4, -0.2) is 30.0 Å². The maximum absolute atomic E-state index is 5.91. The van der Waals surface area contributed by atoms with E-state index >= 15 is 0 Å². The second-order valence-corrected chi connectivity index (χ2v) is 4.68. The van der Waals surface area contributed by atoms with Gasteiger partial charge in [-0.15, -0.1) is 0 Å². The van der Waals surface area contributed by atoms with Crippen LogP contribution in [0.15, 0.2) is 36.7 Å². The van der Waals surface area contributed by atoms with Crippen molar-refractivity contribution in [2.24, 2.45) is 12.8 Å². The van der Waals surface area contributed by atoms with Gasteiger partial charge >= 0.3 is 0 Å². The minimum absolute atomic E-state index is 0.173. The van der Waals surface area contributed by atoms with Gasteiger partial charge in [-0.3, -0.25) is 4.68 Å². The Labute approximate surface area is 119 Å². The quantitative estimate of drug-likeness (QED) is 0.835. The number of rotatable bonds is 7. The first-order valence-electron chi connectivity index (χ1n) is 6.66. The van der Waals surface area contributed by atoms with Gasteiger partial charge in [-0.05, 0) is 24.1 Å². The summed E-state index contributed by atoms with van der Waals surface area (Å²) in [5.41, 5.74) is 7.99. The van der Waals surface area contributed by atoms with Crippen molar-refractivity contribution < 1.29 is 9.47 Å². The topological polar surface area (TPSA) is 62.3 Å². The van der Waals surface area contributed by atoms with Crippen LogP contribution in [0.2, 0.25) is 0 Å². The summed E-state index contributed by atoms with van der Waals surface area (Å²) in [4.78, 5) is 0. The Bertz CT molecular complexity index is 522. The molecule has 0 aliphatic heterocycles. The van der Waals surface area contributed by atoms with Gasteiger partial charge in [0, 0.05) is 32.5 Å². The van der Waals surface area contributed by atoms with Gasteiger partial charge in [0.2, 0.25) is 0 Å². The van der Waals surface area contributed by atoms with Gasteiger partial charge in [0.25, 0.3) is 0 Å². The summed E-state index contributed by atoms with van der Waals surface area (Å²) in [5.74, 6) is 0.811. The average molecular weight is 275 g/mol. The molecule has 1 heterocycles. The molecule has 5 nitrogen and oxygen atoms in total. The highest BCUT2D eigenvalue weighted by atomic mass is 16.5. The van der Waals surface area contributed by atoms with Crippen LogP contribution in [0, 0.1) is 0 Å². The highest BCUT2D eigenvalue weighted by molar-refractivity contribution is 5.28. The van der Waals surface area contributed by atoms with E-state index in [2.05, 4.69) is 5.10 Å². The van der Waals surface area contributed by atoms with Crippen molar-refractivity contribution >= 4 is 0 Å². The van der Waals surface area contributed by atoms with Gasteiger partial charge in [-0.2, -0.15) is 5.10 Å². The predicted molar refractivity (Wildman–Crippen MR) is 77.7 cm³/mol. The molecule has 1 atom stereocenters. The predicted octanol–water partition coefficient (Wildman–Crippen LogP) is 1.69. The zero-order valence-electron chi connectivity index (χ0n) is 12.0. The van der Waals surface area contributed by atoms with Crippen molar-refractivity contribution in [3.05, 3.63) is 47.8 Å². The molecule has 0 fully saturated rings. The zero-order valence-corrected chi connectivity index (χ0v) is 12.0. The Morgan fingerprint density at radius 3 is 2.60 bits per heavy atom. The fourth-order valence-electron chi connectivity index (χ4n) is 1.98. The summed E-state index contributed by atoms with van der Waals surface area (Å²) in [6.45, 7) is 1.14.